The first-order valence-corrected chi connectivity index (χ1v) is 9.92. The van der Waals surface area contributed by atoms with Crippen LogP contribution >= 0.6 is 11.3 Å². The zero-order valence-corrected chi connectivity index (χ0v) is 17.4. The minimum atomic E-state index is -0.118. The number of nitrogens with zero attached hydrogens (tertiary/aromatic N) is 2. The van der Waals surface area contributed by atoms with Gasteiger partial charge in [0.05, 0.1) is 17.3 Å². The molecule has 28 heavy (non-hydrogen) atoms. The number of hydrogen-bond acceptors (Lipinski definition) is 4. The van der Waals surface area contributed by atoms with Gasteiger partial charge in [0.15, 0.2) is 13.1 Å². The van der Waals surface area contributed by atoms with Crippen molar-refractivity contribution in [3.63, 3.8) is 0 Å². The van der Waals surface area contributed by atoms with E-state index in [4.69, 9.17) is 0 Å². The molecule has 7 heteroatoms. The molecular formula is C21H25N4O2S+. The highest BCUT2D eigenvalue weighted by atomic mass is 32.1. The maximum atomic E-state index is 12.2. The van der Waals surface area contributed by atoms with E-state index in [1.54, 1.807) is 25.4 Å². The van der Waals surface area contributed by atoms with Crippen LogP contribution in [0.2, 0.25) is 0 Å². The van der Waals surface area contributed by atoms with Gasteiger partial charge in [0, 0.05) is 25.3 Å². The number of amides is 2. The summed E-state index contributed by atoms with van der Waals surface area (Å²) >= 11 is 1.66. The lowest BCUT2D eigenvalue weighted by atomic mass is 10.2. The van der Waals surface area contributed by atoms with Crippen molar-refractivity contribution < 1.29 is 14.5 Å². The summed E-state index contributed by atoms with van der Waals surface area (Å²) < 4.78 is 1.17. The Morgan fingerprint density at radius 1 is 1.11 bits per heavy atom. The fourth-order valence-corrected chi connectivity index (χ4v) is 3.88. The van der Waals surface area contributed by atoms with Gasteiger partial charge >= 0.3 is 0 Å². The van der Waals surface area contributed by atoms with Gasteiger partial charge in [-0.3, -0.25) is 9.59 Å². The molecule has 0 fully saturated rings. The molecule has 0 aliphatic heterocycles. The average molecular weight is 398 g/mol. The van der Waals surface area contributed by atoms with Crippen LogP contribution in [-0.2, 0) is 9.59 Å². The second-order valence-electron chi connectivity index (χ2n) is 7.21. The average Bonchev–Trinajstić information content (AvgIpc) is 3.05. The molecule has 0 radical (unpaired) electrons. The summed E-state index contributed by atoms with van der Waals surface area (Å²) in [7, 11) is 5.26. The number of thiazole rings is 1. The first kappa shape index (κ1) is 20.0. The van der Waals surface area contributed by atoms with E-state index in [9.17, 15) is 9.59 Å². The molecule has 2 N–H and O–H groups in total. The minimum absolute atomic E-state index is 0.000631. The summed E-state index contributed by atoms with van der Waals surface area (Å²) in [5.41, 5.74) is 3.98. The highest BCUT2D eigenvalue weighted by molar-refractivity contribution is 7.21. The van der Waals surface area contributed by atoms with Crippen LogP contribution in [0.3, 0.4) is 0 Å². The lowest BCUT2D eigenvalue weighted by molar-refractivity contribution is -0.862. The van der Waals surface area contributed by atoms with Gasteiger partial charge in [-0.2, -0.15) is 0 Å². The molecule has 2 aromatic carbocycles. The predicted molar refractivity (Wildman–Crippen MR) is 114 cm³/mol. The fourth-order valence-electron chi connectivity index (χ4n) is 2.81. The summed E-state index contributed by atoms with van der Waals surface area (Å²) in [6, 6.07) is 13.9. The Bertz CT molecular complexity index is 995. The number of nitrogens with one attached hydrogen (secondary N) is 2. The van der Waals surface area contributed by atoms with E-state index < -0.39 is 0 Å². The van der Waals surface area contributed by atoms with Crippen LogP contribution in [0.25, 0.3) is 20.8 Å². The Morgan fingerprint density at radius 2 is 1.82 bits per heavy atom. The summed E-state index contributed by atoms with van der Waals surface area (Å²) in [5, 5.41) is 3.85. The van der Waals surface area contributed by atoms with Crippen molar-refractivity contribution in [3.05, 3.63) is 48.0 Å². The van der Waals surface area contributed by atoms with E-state index in [0.717, 1.165) is 26.7 Å². The monoisotopic (exact) mass is 397 g/mol. The number of hydrogen-bond donors (Lipinski definition) is 2. The molecule has 0 aliphatic rings. The second-order valence-corrected chi connectivity index (χ2v) is 8.25. The molecule has 0 saturated carbocycles. The SMILES string of the molecule is Cc1ccc2nc(-c3ccc(NC(=O)C[NH+](C)CC(=O)N(C)C)cc3)sc2c1. The van der Waals surface area contributed by atoms with Crippen LogP contribution in [-0.4, -0.2) is 55.9 Å². The molecule has 1 aromatic heterocycles. The van der Waals surface area contributed by atoms with Crippen molar-refractivity contribution >= 4 is 39.1 Å². The smallest absolute Gasteiger partial charge is 0.279 e. The van der Waals surface area contributed by atoms with E-state index in [-0.39, 0.29) is 24.9 Å². The van der Waals surface area contributed by atoms with E-state index in [0.29, 0.717) is 0 Å². The van der Waals surface area contributed by atoms with Crippen LogP contribution in [0.4, 0.5) is 5.69 Å². The third-order valence-electron chi connectivity index (χ3n) is 4.37. The van der Waals surface area contributed by atoms with Crippen LogP contribution < -0.4 is 10.2 Å². The van der Waals surface area contributed by atoms with Gasteiger partial charge in [-0.1, -0.05) is 6.07 Å². The van der Waals surface area contributed by atoms with Gasteiger partial charge in [0.1, 0.15) is 5.01 Å². The number of aromatic nitrogens is 1. The van der Waals surface area contributed by atoms with Crippen molar-refractivity contribution in [2.75, 3.05) is 39.5 Å². The molecule has 6 nitrogen and oxygen atoms in total. The van der Waals surface area contributed by atoms with Gasteiger partial charge in [-0.15, -0.1) is 11.3 Å². The topological polar surface area (TPSA) is 66.7 Å². The minimum Gasteiger partial charge on any atom is -0.344 e. The maximum absolute atomic E-state index is 12.2. The molecule has 0 saturated heterocycles. The van der Waals surface area contributed by atoms with E-state index in [2.05, 4.69) is 29.4 Å². The highest BCUT2D eigenvalue weighted by Crippen LogP contribution is 2.31. The number of anilines is 1. The Morgan fingerprint density at radius 3 is 2.50 bits per heavy atom. The first-order valence-electron chi connectivity index (χ1n) is 9.11. The number of rotatable bonds is 6. The molecule has 0 aliphatic carbocycles. The molecule has 146 valence electrons. The van der Waals surface area contributed by atoms with Crippen molar-refractivity contribution in [2.45, 2.75) is 6.92 Å². The molecular weight excluding hydrogens is 372 g/mol. The van der Waals surface area contributed by atoms with Crippen LogP contribution in [0.15, 0.2) is 42.5 Å². The Kier molecular flexibility index (Phi) is 6.06. The molecule has 1 heterocycles. The Balaban J connectivity index is 1.62. The van der Waals surface area contributed by atoms with Gasteiger partial charge in [-0.05, 0) is 48.9 Å². The number of fused-ring (bicyclic) bond motifs is 1. The lowest BCUT2D eigenvalue weighted by Crippen LogP contribution is -3.11. The summed E-state index contributed by atoms with van der Waals surface area (Å²) in [6.07, 6.45) is 0. The maximum Gasteiger partial charge on any atom is 0.279 e. The van der Waals surface area contributed by atoms with Crippen molar-refractivity contribution in [3.8, 4) is 10.6 Å². The van der Waals surface area contributed by atoms with Crippen molar-refractivity contribution in [1.82, 2.24) is 9.88 Å². The van der Waals surface area contributed by atoms with E-state index >= 15 is 0 Å². The number of carbonyl (C=O) groups excluding carboxylic acids is 2. The quantitative estimate of drug-likeness (QED) is 0.667. The van der Waals surface area contributed by atoms with Crippen molar-refractivity contribution in [2.24, 2.45) is 0 Å². The third-order valence-corrected chi connectivity index (χ3v) is 5.44. The van der Waals surface area contributed by atoms with E-state index in [1.807, 2.05) is 37.4 Å². The molecule has 3 aromatic rings. The van der Waals surface area contributed by atoms with Crippen LogP contribution in [0.1, 0.15) is 5.56 Å². The highest BCUT2D eigenvalue weighted by Gasteiger charge is 2.15. The molecule has 1 atom stereocenters. The lowest BCUT2D eigenvalue weighted by Gasteiger charge is -2.16. The van der Waals surface area contributed by atoms with Crippen molar-refractivity contribution in [1.29, 1.82) is 0 Å². The third kappa shape index (κ3) is 4.94. The number of quaternary nitrogens is 1. The van der Waals surface area contributed by atoms with Gasteiger partial charge < -0.3 is 15.1 Å². The molecule has 0 spiro atoms. The Hall–Kier alpha value is -2.77. The summed E-state index contributed by atoms with van der Waals surface area (Å²) in [4.78, 5) is 31.0. The number of aryl methyl sites for hydroxylation is 1. The number of benzene rings is 2. The largest absolute Gasteiger partial charge is 0.344 e. The number of carbonyl (C=O) groups is 2. The zero-order valence-electron chi connectivity index (χ0n) is 16.6. The van der Waals surface area contributed by atoms with Crippen LogP contribution in [0, 0.1) is 6.92 Å². The first-order chi connectivity index (χ1) is 13.3. The summed E-state index contributed by atoms with van der Waals surface area (Å²) in [5.74, 6) is -0.118. The van der Waals surface area contributed by atoms with E-state index in [1.165, 1.54) is 15.2 Å². The zero-order chi connectivity index (χ0) is 20.3. The number of likely N-dealkylation sites (N-methyl/N-ethyl adjacent to an activating group) is 2. The second kappa shape index (κ2) is 8.50. The molecule has 1 unspecified atom stereocenters. The normalized spacial score (nSPS) is 12.0. The summed E-state index contributed by atoms with van der Waals surface area (Å²) in [6.45, 7) is 2.60. The van der Waals surface area contributed by atoms with Gasteiger partial charge in [-0.25, -0.2) is 4.98 Å². The predicted octanol–water partition coefficient (Wildman–Crippen LogP) is 1.81. The fraction of sp³-hybridized carbons (Fsp3) is 0.286. The molecule has 2 amide bonds. The van der Waals surface area contributed by atoms with Crippen LogP contribution in [0.5, 0.6) is 0 Å². The standard InChI is InChI=1S/C21H24N4O2S/c1-14-5-10-17-18(11-14)28-21(23-17)15-6-8-16(9-7-15)22-19(26)12-25(4)13-20(27)24(2)3/h5-11H,12-13H2,1-4H3,(H,22,26)/p+1. The molecule has 0 bridgehead atoms. The Labute approximate surface area is 168 Å². The van der Waals surface area contributed by atoms with Gasteiger partial charge in [0.25, 0.3) is 11.8 Å². The molecule has 3 rings (SSSR count). The van der Waals surface area contributed by atoms with Gasteiger partial charge in [0.2, 0.25) is 0 Å².